The summed E-state index contributed by atoms with van der Waals surface area (Å²) >= 11 is 0. The molecule has 3 nitrogen and oxygen atoms in total. The molecule has 3 aliphatic carbocycles. The van der Waals surface area contributed by atoms with Gasteiger partial charge in [0.1, 0.15) is 0 Å². The van der Waals surface area contributed by atoms with Gasteiger partial charge in [-0.3, -0.25) is 0 Å². The molecular formula is C114H103N3. The topological polar surface area (TPSA) is 9.72 Å². The fourth-order valence-corrected chi connectivity index (χ4v) is 18.4. The van der Waals surface area contributed by atoms with Crippen LogP contribution >= 0.6 is 0 Å². The van der Waals surface area contributed by atoms with Gasteiger partial charge in [-0.2, -0.15) is 0 Å². The minimum absolute atomic E-state index is 0.0000192. The van der Waals surface area contributed by atoms with Crippen LogP contribution in [0.4, 0.5) is 51.2 Å². The lowest BCUT2D eigenvalue weighted by atomic mass is 9.55. The van der Waals surface area contributed by atoms with Crippen molar-refractivity contribution in [3.8, 4) is 77.9 Å². The lowest BCUT2D eigenvalue weighted by Gasteiger charge is -2.48. The third-order valence-electron chi connectivity index (χ3n) is 27.1. The van der Waals surface area contributed by atoms with E-state index >= 15 is 0 Å². The number of rotatable bonds is 13. The van der Waals surface area contributed by atoms with Gasteiger partial charge >= 0.3 is 0 Å². The number of hydrogen-bond donors (Lipinski definition) is 0. The van der Waals surface area contributed by atoms with Crippen LogP contribution in [0.1, 0.15) is 116 Å². The monoisotopic (exact) mass is 1510 g/mol. The van der Waals surface area contributed by atoms with E-state index in [0.717, 1.165) is 34.1 Å². The zero-order valence-corrected chi connectivity index (χ0v) is 69.5. The first-order chi connectivity index (χ1) is 56.6. The Balaban J connectivity index is 0.000000127. The normalized spacial score (nSPS) is 14.7. The Labute approximate surface area is 694 Å². The average molecular weight is 1520 g/mol. The summed E-state index contributed by atoms with van der Waals surface area (Å²) in [6, 6.07) is 147. The third kappa shape index (κ3) is 14.0. The molecule has 0 saturated heterocycles. The van der Waals surface area contributed by atoms with Crippen LogP contribution in [0.15, 0.2) is 406 Å². The van der Waals surface area contributed by atoms with Crippen molar-refractivity contribution in [2.75, 3.05) is 14.7 Å². The summed E-state index contributed by atoms with van der Waals surface area (Å²) in [5, 5.41) is 0. The summed E-state index contributed by atoms with van der Waals surface area (Å²) < 4.78 is 0. The Hall–Kier alpha value is -13.1. The summed E-state index contributed by atoms with van der Waals surface area (Å²) in [4.78, 5) is 7.16. The van der Waals surface area contributed by atoms with Crippen LogP contribution in [-0.2, 0) is 32.5 Å². The maximum absolute atomic E-state index is 2.43. The smallest absolute Gasteiger partial charge is 0.0467 e. The Bertz CT molecular complexity index is 6230. The molecule has 0 fully saturated rings. The van der Waals surface area contributed by atoms with Gasteiger partial charge in [0, 0.05) is 51.2 Å². The van der Waals surface area contributed by atoms with Crippen LogP contribution in [0, 0.1) is 0 Å². The molecule has 0 radical (unpaired) electrons. The van der Waals surface area contributed by atoms with E-state index in [1.54, 1.807) is 0 Å². The quantitative estimate of drug-likeness (QED) is 0.114. The number of para-hydroxylation sites is 3. The predicted octanol–water partition coefficient (Wildman–Crippen LogP) is 31.8. The van der Waals surface area contributed by atoms with Gasteiger partial charge in [0.15, 0.2) is 0 Å². The second kappa shape index (κ2) is 30.9. The Morgan fingerprint density at radius 3 is 0.650 bits per heavy atom. The lowest BCUT2D eigenvalue weighted by molar-refractivity contribution is 0.299. The first-order valence-electron chi connectivity index (χ1n) is 41.5. The predicted molar refractivity (Wildman–Crippen MR) is 500 cm³/mol. The second-order valence-corrected chi connectivity index (χ2v) is 34.9. The minimum Gasteiger partial charge on any atom is -0.310 e. The molecule has 0 atom stereocenters. The highest BCUT2D eigenvalue weighted by Gasteiger charge is 2.49. The number of fused-ring (bicyclic) bond motifs is 9. The van der Waals surface area contributed by atoms with Gasteiger partial charge in [0.25, 0.3) is 0 Å². The van der Waals surface area contributed by atoms with E-state index in [-0.39, 0.29) is 32.5 Å². The van der Waals surface area contributed by atoms with E-state index in [2.05, 4.69) is 504 Å². The molecule has 16 aromatic carbocycles. The minimum atomic E-state index is -0.0607. The molecule has 3 heteroatoms. The number of anilines is 9. The SMILES string of the molecule is CC1(C)c2ccccc2-c2ccc(N(c3ccccc3)c3ccc(-c4ccccc4)cc3)cc2C1(C)C.CC1(C)c2ccccc2-c2ccc(N(c3ccccc3)c3cccc(-c4cccc(-c5ccccc5)c4)c3)cc2C1(C)C.CC1(C)c2ccccc2-c2ccc(N(c3ccccc3)c3cccc(-c4ccccc4)c3)cc2C1(C)C. The molecule has 16 aromatic rings. The summed E-state index contributed by atoms with van der Waals surface area (Å²) in [5.41, 5.74) is 36.6. The van der Waals surface area contributed by atoms with Crippen molar-refractivity contribution in [3.05, 3.63) is 440 Å². The molecule has 3 aliphatic rings. The van der Waals surface area contributed by atoms with Crippen molar-refractivity contribution in [2.45, 2.75) is 116 Å². The third-order valence-corrected chi connectivity index (χ3v) is 27.1. The largest absolute Gasteiger partial charge is 0.310 e. The van der Waals surface area contributed by atoms with E-state index in [1.165, 1.54) is 128 Å². The molecule has 0 bridgehead atoms. The van der Waals surface area contributed by atoms with E-state index < -0.39 is 0 Å². The summed E-state index contributed by atoms with van der Waals surface area (Å²) in [6.45, 7) is 28.7. The van der Waals surface area contributed by atoms with Crippen molar-refractivity contribution in [1.29, 1.82) is 0 Å². The van der Waals surface area contributed by atoms with Crippen molar-refractivity contribution < 1.29 is 0 Å². The summed E-state index contributed by atoms with van der Waals surface area (Å²) in [5.74, 6) is 0. The molecule has 0 spiro atoms. The fraction of sp³-hybridized carbons (Fsp3) is 0.158. The Kier molecular flexibility index (Phi) is 20.2. The zero-order chi connectivity index (χ0) is 80.9. The van der Waals surface area contributed by atoms with Gasteiger partial charge in [-0.05, 0) is 259 Å². The Morgan fingerprint density at radius 1 is 0.128 bits per heavy atom. The van der Waals surface area contributed by atoms with Crippen LogP contribution in [0.3, 0.4) is 0 Å². The highest BCUT2D eigenvalue weighted by atomic mass is 15.2. The molecule has 0 aromatic heterocycles. The fourth-order valence-electron chi connectivity index (χ4n) is 18.4. The van der Waals surface area contributed by atoms with Crippen molar-refractivity contribution >= 4 is 51.2 Å². The lowest BCUT2D eigenvalue weighted by Crippen LogP contribution is -2.43. The van der Waals surface area contributed by atoms with E-state index in [4.69, 9.17) is 0 Å². The highest BCUT2D eigenvalue weighted by molar-refractivity contribution is 5.89. The van der Waals surface area contributed by atoms with Gasteiger partial charge in [0.2, 0.25) is 0 Å². The van der Waals surface area contributed by atoms with Gasteiger partial charge in [-0.1, -0.05) is 374 Å². The van der Waals surface area contributed by atoms with Gasteiger partial charge in [-0.25, -0.2) is 0 Å². The number of hydrogen-bond acceptors (Lipinski definition) is 3. The molecule has 0 aliphatic heterocycles. The number of nitrogens with zero attached hydrogens (tertiary/aromatic N) is 3. The van der Waals surface area contributed by atoms with Gasteiger partial charge in [0.05, 0.1) is 0 Å². The number of benzene rings is 16. The molecule has 0 unspecified atom stereocenters. The molecule has 0 heterocycles. The molecule has 0 amide bonds. The first-order valence-corrected chi connectivity index (χ1v) is 41.5. The van der Waals surface area contributed by atoms with Crippen molar-refractivity contribution in [2.24, 2.45) is 0 Å². The van der Waals surface area contributed by atoms with Crippen LogP contribution in [-0.4, -0.2) is 0 Å². The van der Waals surface area contributed by atoms with Crippen LogP contribution in [0.2, 0.25) is 0 Å². The molecule has 0 saturated carbocycles. The van der Waals surface area contributed by atoms with E-state index in [1.807, 2.05) is 0 Å². The standard InChI is InChI=1S/C42H37N.2C36H33N/c1-41(2)39-24-12-11-23-37(39)38-26-25-36(29-40(38)42(41,3)4)43(34-20-9-6-10-21-34)35-22-14-19-33(28-35)32-18-13-17-31(27-32)30-15-7-5-8-16-30;1-35(2)33-21-12-11-20-31(33)32-23-22-30(25-34(32)36(35,3)4)37(28-17-9-6-10-18-28)29-19-13-16-27(24-29)26-14-7-5-8-15-26;1-35(2)33-18-12-11-17-31(33)32-24-23-30(25-34(32)36(35,3)4)37(28-15-9-6-10-16-28)29-21-19-27(20-22-29)26-13-7-5-8-14-26/h5-29H,1-4H3;2*5-25H,1-4H3. The molecule has 19 rings (SSSR count). The van der Waals surface area contributed by atoms with Crippen LogP contribution in [0.5, 0.6) is 0 Å². The Morgan fingerprint density at radius 2 is 0.316 bits per heavy atom. The van der Waals surface area contributed by atoms with Gasteiger partial charge in [-0.15, -0.1) is 0 Å². The zero-order valence-electron chi connectivity index (χ0n) is 69.5. The average Bonchev–Trinajstić information content (AvgIpc) is 0.722. The summed E-state index contributed by atoms with van der Waals surface area (Å²) in [6.07, 6.45) is 0. The molecular weight excluding hydrogens is 1410 g/mol. The maximum Gasteiger partial charge on any atom is 0.0467 e. The van der Waals surface area contributed by atoms with E-state index in [9.17, 15) is 0 Å². The van der Waals surface area contributed by atoms with Crippen molar-refractivity contribution in [3.63, 3.8) is 0 Å². The molecule has 117 heavy (non-hydrogen) atoms. The molecule has 0 N–H and O–H groups in total. The van der Waals surface area contributed by atoms with Gasteiger partial charge < -0.3 is 14.7 Å². The molecule has 574 valence electrons. The second-order valence-electron chi connectivity index (χ2n) is 34.9. The van der Waals surface area contributed by atoms with Crippen LogP contribution in [0.25, 0.3) is 77.9 Å². The van der Waals surface area contributed by atoms with Crippen molar-refractivity contribution in [1.82, 2.24) is 0 Å². The first kappa shape index (κ1) is 76.5. The van der Waals surface area contributed by atoms with E-state index in [0.29, 0.717) is 0 Å². The van der Waals surface area contributed by atoms with Crippen LogP contribution < -0.4 is 14.7 Å². The highest BCUT2D eigenvalue weighted by Crippen LogP contribution is 2.59. The maximum atomic E-state index is 2.43. The summed E-state index contributed by atoms with van der Waals surface area (Å²) in [7, 11) is 0.